The van der Waals surface area contributed by atoms with Crippen LogP contribution >= 0.6 is 15.9 Å². The number of nitrogens with zero attached hydrogens (tertiary/aromatic N) is 3. The van der Waals surface area contributed by atoms with Crippen LogP contribution in [0.25, 0.3) is 0 Å². The van der Waals surface area contributed by atoms with Crippen molar-refractivity contribution >= 4 is 15.9 Å². The van der Waals surface area contributed by atoms with Crippen LogP contribution in [0.1, 0.15) is 18.3 Å². The van der Waals surface area contributed by atoms with Gasteiger partial charge in [-0.05, 0) is 25.0 Å². The van der Waals surface area contributed by atoms with Crippen LogP contribution in [0, 0.1) is 0 Å². The van der Waals surface area contributed by atoms with Crippen LogP contribution < -0.4 is 0 Å². The van der Waals surface area contributed by atoms with Crippen molar-refractivity contribution in [3.05, 3.63) is 46.5 Å². The van der Waals surface area contributed by atoms with E-state index in [-0.39, 0.29) is 0 Å². The lowest BCUT2D eigenvalue weighted by Gasteiger charge is -2.11. The topological polar surface area (TPSA) is 50.9 Å². The Labute approximate surface area is 115 Å². The Hall–Kier alpha value is -1.20. The molecule has 1 aromatic carbocycles. The van der Waals surface area contributed by atoms with Crippen LogP contribution in [0.2, 0.25) is 0 Å². The largest absolute Gasteiger partial charge is 0.392 e. The zero-order valence-electron chi connectivity index (χ0n) is 10.3. The van der Waals surface area contributed by atoms with E-state index in [4.69, 9.17) is 0 Å². The van der Waals surface area contributed by atoms with Crippen LogP contribution in [-0.4, -0.2) is 26.0 Å². The third kappa shape index (κ3) is 3.17. The molecule has 18 heavy (non-hydrogen) atoms. The number of benzene rings is 1. The number of aliphatic hydroxyl groups excluding tert-OH is 1. The van der Waals surface area contributed by atoms with Crippen LogP contribution in [-0.2, 0) is 19.4 Å². The van der Waals surface area contributed by atoms with Crippen molar-refractivity contribution in [1.29, 1.82) is 0 Å². The quantitative estimate of drug-likeness (QED) is 0.921. The molecule has 0 spiro atoms. The summed E-state index contributed by atoms with van der Waals surface area (Å²) in [5, 5.41) is 14.2. The molecule has 0 amide bonds. The highest BCUT2D eigenvalue weighted by Gasteiger charge is 2.12. The van der Waals surface area contributed by atoms with E-state index in [1.807, 2.05) is 35.9 Å². The number of halogens is 1. The first-order valence-corrected chi connectivity index (χ1v) is 6.78. The van der Waals surface area contributed by atoms with Gasteiger partial charge in [0.2, 0.25) is 0 Å². The van der Waals surface area contributed by atoms with Crippen LogP contribution in [0.3, 0.4) is 0 Å². The van der Waals surface area contributed by atoms with Gasteiger partial charge in [-0.3, -0.25) is 4.68 Å². The summed E-state index contributed by atoms with van der Waals surface area (Å²) in [5.74, 6) is 0.831. The van der Waals surface area contributed by atoms with E-state index in [0.29, 0.717) is 12.8 Å². The second-order valence-electron chi connectivity index (χ2n) is 4.15. The van der Waals surface area contributed by atoms with Gasteiger partial charge in [-0.1, -0.05) is 34.1 Å². The lowest BCUT2D eigenvalue weighted by Crippen LogP contribution is -2.18. The average Bonchev–Trinajstić information content (AvgIpc) is 2.79. The molecule has 0 saturated carbocycles. The molecular weight excluding hydrogens is 294 g/mol. The van der Waals surface area contributed by atoms with E-state index in [0.717, 1.165) is 22.4 Å². The second-order valence-corrected chi connectivity index (χ2v) is 5.00. The Morgan fingerprint density at radius 1 is 1.33 bits per heavy atom. The highest BCUT2D eigenvalue weighted by molar-refractivity contribution is 9.10. The van der Waals surface area contributed by atoms with Crippen LogP contribution in [0.4, 0.5) is 0 Å². The molecule has 1 atom stereocenters. The summed E-state index contributed by atoms with van der Waals surface area (Å²) in [5.41, 5.74) is 1.10. The summed E-state index contributed by atoms with van der Waals surface area (Å²) in [6, 6.07) is 7.93. The molecule has 4 nitrogen and oxygen atoms in total. The predicted octanol–water partition coefficient (Wildman–Crippen LogP) is 2.21. The van der Waals surface area contributed by atoms with E-state index < -0.39 is 6.10 Å². The Morgan fingerprint density at radius 2 is 2.11 bits per heavy atom. The summed E-state index contributed by atoms with van der Waals surface area (Å²) in [4.78, 5) is 4.17. The van der Waals surface area contributed by atoms with Crippen molar-refractivity contribution in [3.8, 4) is 0 Å². The first kappa shape index (κ1) is 13.2. The molecular formula is C13H16BrN3O. The van der Waals surface area contributed by atoms with Crippen molar-refractivity contribution in [3.63, 3.8) is 0 Å². The summed E-state index contributed by atoms with van der Waals surface area (Å²) in [7, 11) is 0. The summed E-state index contributed by atoms with van der Waals surface area (Å²) in [6.45, 7) is 2.79. The van der Waals surface area contributed by atoms with Gasteiger partial charge < -0.3 is 5.11 Å². The first-order chi connectivity index (χ1) is 8.70. The fourth-order valence-corrected chi connectivity index (χ4v) is 2.36. The molecule has 0 radical (unpaired) electrons. The van der Waals surface area contributed by atoms with Gasteiger partial charge in [0.15, 0.2) is 0 Å². The SMILES string of the molecule is CCn1ncnc1CC(O)Cc1ccccc1Br. The minimum absolute atomic E-state index is 0.446. The van der Waals surface area contributed by atoms with Crippen molar-refractivity contribution in [1.82, 2.24) is 14.8 Å². The maximum Gasteiger partial charge on any atom is 0.138 e. The fraction of sp³-hybridized carbons (Fsp3) is 0.385. The van der Waals surface area contributed by atoms with Gasteiger partial charge in [-0.2, -0.15) is 5.10 Å². The molecule has 0 saturated heterocycles. The first-order valence-electron chi connectivity index (χ1n) is 5.99. The zero-order chi connectivity index (χ0) is 13.0. The van der Waals surface area contributed by atoms with E-state index in [9.17, 15) is 5.11 Å². The van der Waals surface area contributed by atoms with E-state index in [2.05, 4.69) is 26.0 Å². The Bertz CT molecular complexity index is 512. The molecule has 5 heteroatoms. The lowest BCUT2D eigenvalue weighted by molar-refractivity contribution is 0.171. The molecule has 0 fully saturated rings. The minimum atomic E-state index is -0.446. The highest BCUT2D eigenvalue weighted by atomic mass is 79.9. The third-order valence-electron chi connectivity index (χ3n) is 2.83. The molecule has 0 bridgehead atoms. The van der Waals surface area contributed by atoms with Crippen molar-refractivity contribution in [2.45, 2.75) is 32.4 Å². The monoisotopic (exact) mass is 309 g/mol. The van der Waals surface area contributed by atoms with Crippen LogP contribution in [0.5, 0.6) is 0 Å². The molecule has 96 valence electrons. The molecule has 0 aliphatic rings. The standard InChI is InChI=1S/C13H16BrN3O/c1-2-17-13(15-9-16-17)8-11(18)7-10-5-3-4-6-12(10)14/h3-6,9,11,18H,2,7-8H2,1H3. The van der Waals surface area contributed by atoms with Gasteiger partial charge in [0.05, 0.1) is 6.10 Å². The van der Waals surface area contributed by atoms with Gasteiger partial charge in [-0.15, -0.1) is 0 Å². The predicted molar refractivity (Wildman–Crippen MR) is 73.3 cm³/mol. The maximum absolute atomic E-state index is 10.1. The number of hydrogen-bond donors (Lipinski definition) is 1. The fourth-order valence-electron chi connectivity index (χ4n) is 1.91. The maximum atomic E-state index is 10.1. The Balaban J connectivity index is 2.01. The molecule has 0 aliphatic heterocycles. The molecule has 1 N–H and O–H groups in total. The minimum Gasteiger partial charge on any atom is -0.392 e. The molecule has 1 unspecified atom stereocenters. The molecule has 0 aliphatic carbocycles. The van der Waals surface area contributed by atoms with E-state index in [1.54, 1.807) is 0 Å². The third-order valence-corrected chi connectivity index (χ3v) is 3.60. The smallest absolute Gasteiger partial charge is 0.138 e. The van der Waals surface area contributed by atoms with Gasteiger partial charge in [-0.25, -0.2) is 4.98 Å². The average molecular weight is 310 g/mol. The number of aryl methyl sites for hydroxylation is 1. The summed E-state index contributed by atoms with van der Waals surface area (Å²) in [6.07, 6.45) is 2.22. The van der Waals surface area contributed by atoms with Crippen LogP contribution in [0.15, 0.2) is 35.1 Å². The molecule has 2 aromatic rings. The van der Waals surface area contributed by atoms with Crippen molar-refractivity contribution in [2.75, 3.05) is 0 Å². The van der Waals surface area contributed by atoms with Crippen molar-refractivity contribution in [2.24, 2.45) is 0 Å². The second kappa shape index (κ2) is 6.11. The Kier molecular flexibility index (Phi) is 4.49. The zero-order valence-corrected chi connectivity index (χ0v) is 11.8. The van der Waals surface area contributed by atoms with E-state index >= 15 is 0 Å². The highest BCUT2D eigenvalue weighted by Crippen LogP contribution is 2.18. The lowest BCUT2D eigenvalue weighted by atomic mass is 10.1. The molecule has 1 aromatic heterocycles. The Morgan fingerprint density at radius 3 is 2.83 bits per heavy atom. The number of aromatic nitrogens is 3. The summed E-state index contributed by atoms with van der Waals surface area (Å²) < 4.78 is 2.84. The molecule has 1 heterocycles. The normalized spacial score (nSPS) is 12.6. The number of hydrogen-bond acceptors (Lipinski definition) is 3. The van der Waals surface area contributed by atoms with Gasteiger partial charge in [0.1, 0.15) is 12.2 Å². The molecule has 2 rings (SSSR count). The van der Waals surface area contributed by atoms with Gasteiger partial charge in [0, 0.05) is 17.4 Å². The number of rotatable bonds is 5. The van der Waals surface area contributed by atoms with Gasteiger partial charge >= 0.3 is 0 Å². The summed E-state index contributed by atoms with van der Waals surface area (Å²) >= 11 is 3.49. The van der Waals surface area contributed by atoms with Crippen molar-refractivity contribution < 1.29 is 5.11 Å². The van der Waals surface area contributed by atoms with Gasteiger partial charge in [0.25, 0.3) is 0 Å². The number of aliphatic hydroxyl groups is 1. The van der Waals surface area contributed by atoms with E-state index in [1.165, 1.54) is 6.33 Å².